The highest BCUT2D eigenvalue weighted by molar-refractivity contribution is 6.30. The van der Waals surface area contributed by atoms with E-state index in [4.69, 9.17) is 11.6 Å². The Morgan fingerprint density at radius 2 is 2.20 bits per heavy atom. The summed E-state index contributed by atoms with van der Waals surface area (Å²) in [7, 11) is 1.89. The fraction of sp³-hybridized carbons (Fsp3) is 0.400. The molecule has 1 heterocycles. The Kier molecular flexibility index (Phi) is 5.15. The van der Waals surface area contributed by atoms with Gasteiger partial charge in [0, 0.05) is 13.2 Å². The number of hydrogen-bond donors (Lipinski definition) is 1. The SMILES string of the molecule is CCCNC(Cc1ccc(Cl)c(F)c1)c1ccn(C)n1. The van der Waals surface area contributed by atoms with Gasteiger partial charge in [0.2, 0.25) is 0 Å². The van der Waals surface area contributed by atoms with Gasteiger partial charge < -0.3 is 5.32 Å². The molecule has 0 aliphatic carbocycles. The first-order valence-corrected chi connectivity index (χ1v) is 7.14. The van der Waals surface area contributed by atoms with E-state index >= 15 is 0 Å². The molecule has 2 aromatic rings. The highest BCUT2D eigenvalue weighted by atomic mass is 35.5. The lowest BCUT2D eigenvalue weighted by Gasteiger charge is -2.16. The molecule has 1 aromatic carbocycles. The number of nitrogens with zero attached hydrogens (tertiary/aromatic N) is 2. The van der Waals surface area contributed by atoms with Crippen LogP contribution in [-0.2, 0) is 13.5 Å². The molecule has 0 saturated heterocycles. The summed E-state index contributed by atoms with van der Waals surface area (Å²) < 4.78 is 15.3. The first kappa shape index (κ1) is 15.0. The van der Waals surface area contributed by atoms with E-state index in [1.165, 1.54) is 6.07 Å². The summed E-state index contributed by atoms with van der Waals surface area (Å²) in [5.74, 6) is -0.376. The van der Waals surface area contributed by atoms with Gasteiger partial charge in [-0.1, -0.05) is 24.6 Å². The van der Waals surface area contributed by atoms with Gasteiger partial charge >= 0.3 is 0 Å². The molecule has 2 rings (SSSR count). The van der Waals surface area contributed by atoms with Gasteiger partial charge in [-0.25, -0.2) is 4.39 Å². The molecule has 1 atom stereocenters. The van der Waals surface area contributed by atoms with Gasteiger partial charge in [0.1, 0.15) is 5.82 Å². The van der Waals surface area contributed by atoms with Crippen molar-refractivity contribution >= 4 is 11.6 Å². The molecule has 0 bridgehead atoms. The molecule has 0 spiro atoms. The van der Waals surface area contributed by atoms with Crippen LogP contribution in [0.15, 0.2) is 30.5 Å². The van der Waals surface area contributed by atoms with Crippen LogP contribution in [0.25, 0.3) is 0 Å². The summed E-state index contributed by atoms with van der Waals surface area (Å²) in [4.78, 5) is 0. The number of rotatable bonds is 6. The van der Waals surface area contributed by atoms with E-state index in [1.54, 1.807) is 10.7 Å². The third-order valence-electron chi connectivity index (χ3n) is 3.16. The number of nitrogens with one attached hydrogen (secondary N) is 1. The average Bonchev–Trinajstić information content (AvgIpc) is 2.85. The molecule has 0 radical (unpaired) electrons. The minimum atomic E-state index is -0.376. The third-order valence-corrected chi connectivity index (χ3v) is 3.46. The van der Waals surface area contributed by atoms with Crippen molar-refractivity contribution in [3.8, 4) is 0 Å². The number of aryl methyl sites for hydroxylation is 1. The third kappa shape index (κ3) is 3.81. The summed E-state index contributed by atoms with van der Waals surface area (Å²) in [5.41, 5.74) is 1.88. The molecule has 5 heteroatoms. The Labute approximate surface area is 123 Å². The van der Waals surface area contributed by atoms with Crippen LogP contribution >= 0.6 is 11.6 Å². The summed E-state index contributed by atoms with van der Waals surface area (Å²) in [6.45, 7) is 3.02. The van der Waals surface area contributed by atoms with E-state index < -0.39 is 0 Å². The molecular weight excluding hydrogens is 277 g/mol. The maximum Gasteiger partial charge on any atom is 0.142 e. The number of benzene rings is 1. The Bertz CT molecular complexity index is 568. The molecule has 1 N–H and O–H groups in total. The Morgan fingerprint density at radius 1 is 1.40 bits per heavy atom. The summed E-state index contributed by atoms with van der Waals surface area (Å²) >= 11 is 5.71. The molecule has 3 nitrogen and oxygen atoms in total. The maximum atomic E-state index is 13.5. The van der Waals surface area contributed by atoms with E-state index in [2.05, 4.69) is 17.3 Å². The van der Waals surface area contributed by atoms with Crippen molar-refractivity contribution in [1.82, 2.24) is 15.1 Å². The first-order valence-electron chi connectivity index (χ1n) is 6.77. The molecule has 0 amide bonds. The van der Waals surface area contributed by atoms with Crippen LogP contribution < -0.4 is 5.32 Å². The molecule has 0 aliphatic heterocycles. The lowest BCUT2D eigenvalue weighted by molar-refractivity contribution is 0.509. The van der Waals surface area contributed by atoms with Crippen molar-refractivity contribution in [2.24, 2.45) is 7.05 Å². The molecule has 0 saturated carbocycles. The molecule has 1 unspecified atom stereocenters. The Hall–Kier alpha value is -1.39. The molecule has 20 heavy (non-hydrogen) atoms. The minimum absolute atomic E-state index is 0.0803. The monoisotopic (exact) mass is 295 g/mol. The van der Waals surface area contributed by atoms with Gasteiger partial charge in [-0.2, -0.15) is 5.10 Å². The summed E-state index contributed by atoms with van der Waals surface area (Å²) in [5, 5.41) is 8.04. The maximum absolute atomic E-state index is 13.5. The van der Waals surface area contributed by atoms with Crippen molar-refractivity contribution in [1.29, 1.82) is 0 Å². The van der Waals surface area contributed by atoms with Crippen LogP contribution in [0.4, 0.5) is 4.39 Å². The van der Waals surface area contributed by atoms with Gasteiger partial charge in [-0.3, -0.25) is 4.68 Å². The van der Waals surface area contributed by atoms with Crippen molar-refractivity contribution in [3.63, 3.8) is 0 Å². The number of halogens is 2. The van der Waals surface area contributed by atoms with Gasteiger partial charge in [-0.15, -0.1) is 0 Å². The van der Waals surface area contributed by atoms with Crippen LogP contribution in [0.2, 0.25) is 5.02 Å². The van der Waals surface area contributed by atoms with Crippen molar-refractivity contribution < 1.29 is 4.39 Å². The van der Waals surface area contributed by atoms with Gasteiger partial charge in [-0.05, 0) is 43.1 Å². The zero-order chi connectivity index (χ0) is 14.5. The summed E-state index contributed by atoms with van der Waals surface area (Å²) in [6.07, 6.45) is 3.64. The lowest BCUT2D eigenvalue weighted by atomic mass is 10.0. The van der Waals surface area contributed by atoms with Crippen molar-refractivity contribution in [2.45, 2.75) is 25.8 Å². The summed E-state index contributed by atoms with van der Waals surface area (Å²) in [6, 6.07) is 7.01. The van der Waals surface area contributed by atoms with E-state index in [9.17, 15) is 4.39 Å². The smallest absolute Gasteiger partial charge is 0.142 e. The van der Waals surface area contributed by atoms with Gasteiger partial charge in [0.05, 0.1) is 16.8 Å². The average molecular weight is 296 g/mol. The standard InChI is InChI=1S/C15H19ClFN3/c1-3-7-18-15(14-6-8-20(2)19-14)10-11-4-5-12(16)13(17)9-11/h4-6,8-9,15,18H,3,7,10H2,1-2H3. The van der Waals surface area contributed by atoms with Crippen LogP contribution in [0.1, 0.15) is 30.6 Å². The second kappa shape index (κ2) is 6.86. The van der Waals surface area contributed by atoms with Gasteiger partial charge in [0.15, 0.2) is 0 Å². The number of aromatic nitrogens is 2. The minimum Gasteiger partial charge on any atom is -0.308 e. The van der Waals surface area contributed by atoms with Crippen molar-refractivity contribution in [2.75, 3.05) is 6.54 Å². The van der Waals surface area contributed by atoms with Crippen LogP contribution in [-0.4, -0.2) is 16.3 Å². The highest BCUT2D eigenvalue weighted by Crippen LogP contribution is 2.21. The topological polar surface area (TPSA) is 29.9 Å². The molecule has 0 aliphatic rings. The van der Waals surface area contributed by atoms with E-state index in [0.29, 0.717) is 6.42 Å². The second-order valence-electron chi connectivity index (χ2n) is 4.87. The van der Waals surface area contributed by atoms with E-state index in [-0.39, 0.29) is 16.9 Å². The molecule has 108 valence electrons. The number of hydrogen-bond acceptors (Lipinski definition) is 2. The lowest BCUT2D eigenvalue weighted by Crippen LogP contribution is -2.24. The fourth-order valence-corrected chi connectivity index (χ4v) is 2.24. The Balaban J connectivity index is 2.16. The predicted molar refractivity (Wildman–Crippen MR) is 79.4 cm³/mol. The van der Waals surface area contributed by atoms with Crippen molar-refractivity contribution in [3.05, 3.63) is 52.6 Å². The van der Waals surface area contributed by atoms with E-state index in [1.807, 2.05) is 25.4 Å². The quantitative estimate of drug-likeness (QED) is 0.884. The fourth-order valence-electron chi connectivity index (χ4n) is 2.12. The van der Waals surface area contributed by atoms with Crippen LogP contribution in [0.5, 0.6) is 0 Å². The molecule has 0 fully saturated rings. The van der Waals surface area contributed by atoms with Gasteiger partial charge in [0.25, 0.3) is 0 Å². The van der Waals surface area contributed by atoms with Crippen LogP contribution in [0, 0.1) is 5.82 Å². The normalized spacial score (nSPS) is 12.6. The van der Waals surface area contributed by atoms with E-state index in [0.717, 1.165) is 24.2 Å². The predicted octanol–water partition coefficient (Wildman–Crippen LogP) is 3.50. The Morgan fingerprint density at radius 3 is 2.80 bits per heavy atom. The first-order chi connectivity index (χ1) is 9.60. The zero-order valence-corrected chi connectivity index (χ0v) is 12.5. The highest BCUT2D eigenvalue weighted by Gasteiger charge is 2.15. The van der Waals surface area contributed by atoms with Crippen LogP contribution in [0.3, 0.4) is 0 Å². The molecular formula is C15H19ClFN3. The second-order valence-corrected chi connectivity index (χ2v) is 5.28. The zero-order valence-electron chi connectivity index (χ0n) is 11.7. The molecule has 1 aromatic heterocycles. The largest absolute Gasteiger partial charge is 0.308 e.